The molecule has 0 fully saturated rings. The van der Waals surface area contributed by atoms with Crippen LogP contribution in [-0.2, 0) is 4.79 Å². The first-order valence-electron chi connectivity index (χ1n) is 5.58. The molecule has 7 heteroatoms. The standard InChI is InChI=1S/C12H14Cl3NO3/c1-5(2)8(17)4-9(18)16-11-10(15)6(13)3-7(14)12(11)19/h3,5,8,17,19H,4H2,1-2H3,(H,16,18). The van der Waals surface area contributed by atoms with Gasteiger partial charge in [-0.15, -0.1) is 0 Å². The highest BCUT2D eigenvalue weighted by atomic mass is 35.5. The molecular weight excluding hydrogens is 312 g/mol. The van der Waals surface area contributed by atoms with E-state index in [1.54, 1.807) is 13.8 Å². The third-order valence-corrected chi connectivity index (χ3v) is 3.65. The molecule has 1 aromatic carbocycles. The van der Waals surface area contributed by atoms with Crippen LogP contribution in [0.15, 0.2) is 6.07 Å². The van der Waals surface area contributed by atoms with Crippen LogP contribution in [0.4, 0.5) is 5.69 Å². The highest BCUT2D eigenvalue weighted by molar-refractivity contribution is 6.46. The van der Waals surface area contributed by atoms with Gasteiger partial charge in [-0.1, -0.05) is 48.7 Å². The number of rotatable bonds is 4. The van der Waals surface area contributed by atoms with Crippen LogP contribution in [0.25, 0.3) is 0 Å². The molecule has 1 atom stereocenters. The van der Waals surface area contributed by atoms with Gasteiger partial charge in [0.05, 0.1) is 27.6 Å². The molecule has 1 amide bonds. The summed E-state index contributed by atoms with van der Waals surface area (Å²) in [6.45, 7) is 3.58. The molecule has 0 radical (unpaired) electrons. The van der Waals surface area contributed by atoms with Crippen molar-refractivity contribution in [3.63, 3.8) is 0 Å². The molecule has 0 heterocycles. The van der Waals surface area contributed by atoms with E-state index in [1.165, 1.54) is 6.07 Å². The van der Waals surface area contributed by atoms with E-state index in [-0.39, 0.29) is 38.8 Å². The molecular formula is C12H14Cl3NO3. The van der Waals surface area contributed by atoms with Gasteiger partial charge in [-0.05, 0) is 12.0 Å². The Morgan fingerprint density at radius 1 is 1.32 bits per heavy atom. The minimum Gasteiger partial charge on any atom is -0.504 e. The zero-order valence-corrected chi connectivity index (χ0v) is 12.6. The molecule has 0 spiro atoms. The Kier molecular flexibility index (Phi) is 5.74. The Hall–Kier alpha value is -0.680. The molecule has 106 valence electrons. The molecule has 0 saturated carbocycles. The smallest absolute Gasteiger partial charge is 0.227 e. The summed E-state index contributed by atoms with van der Waals surface area (Å²) in [4.78, 5) is 11.7. The van der Waals surface area contributed by atoms with Crippen molar-refractivity contribution in [2.24, 2.45) is 5.92 Å². The van der Waals surface area contributed by atoms with Gasteiger partial charge in [0, 0.05) is 0 Å². The number of aromatic hydroxyl groups is 1. The number of hydrogen-bond donors (Lipinski definition) is 3. The first kappa shape index (κ1) is 16.4. The molecule has 3 N–H and O–H groups in total. The SMILES string of the molecule is CC(C)C(O)CC(=O)Nc1c(O)c(Cl)cc(Cl)c1Cl. The molecule has 19 heavy (non-hydrogen) atoms. The fraction of sp³-hybridized carbons (Fsp3) is 0.417. The highest BCUT2D eigenvalue weighted by Crippen LogP contribution is 2.42. The summed E-state index contributed by atoms with van der Waals surface area (Å²) in [6.07, 6.45) is -0.895. The van der Waals surface area contributed by atoms with Crippen molar-refractivity contribution >= 4 is 46.4 Å². The monoisotopic (exact) mass is 325 g/mol. The third kappa shape index (κ3) is 4.14. The van der Waals surface area contributed by atoms with Gasteiger partial charge in [-0.3, -0.25) is 4.79 Å². The van der Waals surface area contributed by atoms with Crippen LogP contribution in [0.3, 0.4) is 0 Å². The number of phenols is 1. The predicted molar refractivity (Wildman–Crippen MR) is 77.2 cm³/mol. The minimum atomic E-state index is -0.782. The number of anilines is 1. The first-order valence-corrected chi connectivity index (χ1v) is 6.71. The Bertz CT molecular complexity index is 465. The summed E-state index contributed by atoms with van der Waals surface area (Å²) >= 11 is 17.4. The summed E-state index contributed by atoms with van der Waals surface area (Å²) in [5.74, 6) is -0.905. The molecule has 4 nitrogen and oxygen atoms in total. The maximum Gasteiger partial charge on any atom is 0.227 e. The Labute approximate surface area is 126 Å². The van der Waals surface area contributed by atoms with E-state index in [0.717, 1.165) is 0 Å². The van der Waals surface area contributed by atoms with Crippen LogP contribution in [0.5, 0.6) is 5.75 Å². The van der Waals surface area contributed by atoms with Gasteiger partial charge in [-0.2, -0.15) is 0 Å². The van der Waals surface area contributed by atoms with Crippen molar-refractivity contribution in [1.82, 2.24) is 0 Å². The molecule has 1 rings (SSSR count). The van der Waals surface area contributed by atoms with E-state index < -0.39 is 12.0 Å². The lowest BCUT2D eigenvalue weighted by atomic mass is 10.0. The van der Waals surface area contributed by atoms with Gasteiger partial charge in [0.2, 0.25) is 5.91 Å². The van der Waals surface area contributed by atoms with Gasteiger partial charge < -0.3 is 15.5 Å². The lowest BCUT2D eigenvalue weighted by Crippen LogP contribution is -2.23. The zero-order valence-electron chi connectivity index (χ0n) is 10.4. The largest absolute Gasteiger partial charge is 0.504 e. The van der Waals surface area contributed by atoms with Crippen LogP contribution in [0, 0.1) is 5.92 Å². The summed E-state index contributed by atoms with van der Waals surface area (Å²) in [7, 11) is 0. The second-order valence-corrected chi connectivity index (χ2v) is 5.63. The van der Waals surface area contributed by atoms with Crippen molar-refractivity contribution in [3.05, 3.63) is 21.1 Å². The fourth-order valence-electron chi connectivity index (χ4n) is 1.32. The van der Waals surface area contributed by atoms with Crippen molar-refractivity contribution in [1.29, 1.82) is 0 Å². The molecule has 1 aromatic rings. The zero-order chi connectivity index (χ0) is 14.7. The summed E-state index contributed by atoms with van der Waals surface area (Å²) in [6, 6.07) is 1.28. The molecule has 1 unspecified atom stereocenters. The average Bonchev–Trinajstić information content (AvgIpc) is 2.32. The highest BCUT2D eigenvalue weighted by Gasteiger charge is 2.19. The number of phenolic OH excluding ortho intramolecular Hbond substituents is 1. The molecule has 0 aliphatic rings. The van der Waals surface area contributed by atoms with E-state index in [1.807, 2.05) is 0 Å². The summed E-state index contributed by atoms with van der Waals surface area (Å²) in [5.41, 5.74) is -0.0554. The quantitative estimate of drug-likeness (QED) is 0.583. The fourth-order valence-corrected chi connectivity index (χ4v) is 1.97. The van der Waals surface area contributed by atoms with Crippen LogP contribution < -0.4 is 5.32 Å². The molecule has 0 saturated heterocycles. The van der Waals surface area contributed by atoms with E-state index in [4.69, 9.17) is 34.8 Å². The Balaban J connectivity index is 2.91. The number of carbonyl (C=O) groups is 1. The van der Waals surface area contributed by atoms with Gasteiger partial charge in [0.25, 0.3) is 0 Å². The van der Waals surface area contributed by atoms with Crippen LogP contribution in [0.2, 0.25) is 15.1 Å². The molecule has 0 bridgehead atoms. The maximum absolute atomic E-state index is 11.7. The number of aliphatic hydroxyl groups excluding tert-OH is 1. The number of halogens is 3. The number of carbonyl (C=O) groups excluding carboxylic acids is 1. The maximum atomic E-state index is 11.7. The van der Waals surface area contributed by atoms with Gasteiger partial charge >= 0.3 is 0 Å². The Morgan fingerprint density at radius 2 is 1.89 bits per heavy atom. The van der Waals surface area contributed by atoms with Crippen molar-refractivity contribution in [3.8, 4) is 5.75 Å². The number of nitrogens with one attached hydrogen (secondary N) is 1. The molecule has 0 aliphatic heterocycles. The van der Waals surface area contributed by atoms with E-state index >= 15 is 0 Å². The van der Waals surface area contributed by atoms with Gasteiger partial charge in [0.15, 0.2) is 5.75 Å². The lowest BCUT2D eigenvalue weighted by molar-refractivity contribution is -0.118. The second kappa shape index (κ2) is 6.66. The predicted octanol–water partition coefficient (Wildman–Crippen LogP) is 3.70. The first-order chi connectivity index (χ1) is 8.73. The second-order valence-electron chi connectivity index (χ2n) is 4.44. The van der Waals surface area contributed by atoms with E-state index in [2.05, 4.69) is 5.32 Å². The molecule has 0 aliphatic carbocycles. The summed E-state index contributed by atoms with van der Waals surface area (Å²) < 4.78 is 0. The lowest BCUT2D eigenvalue weighted by Gasteiger charge is -2.15. The minimum absolute atomic E-state index is 0.00375. The number of amides is 1. The van der Waals surface area contributed by atoms with Crippen molar-refractivity contribution < 1.29 is 15.0 Å². The normalized spacial score (nSPS) is 12.6. The van der Waals surface area contributed by atoms with Crippen molar-refractivity contribution in [2.75, 3.05) is 5.32 Å². The van der Waals surface area contributed by atoms with Crippen LogP contribution >= 0.6 is 34.8 Å². The number of aliphatic hydroxyl groups is 1. The summed E-state index contributed by atoms with van der Waals surface area (Å²) in [5, 5.41) is 21.8. The average molecular weight is 327 g/mol. The van der Waals surface area contributed by atoms with Gasteiger partial charge in [-0.25, -0.2) is 0 Å². The van der Waals surface area contributed by atoms with E-state index in [0.29, 0.717) is 0 Å². The topological polar surface area (TPSA) is 69.6 Å². The Morgan fingerprint density at radius 3 is 2.42 bits per heavy atom. The number of benzene rings is 1. The van der Waals surface area contributed by atoms with Crippen LogP contribution in [0.1, 0.15) is 20.3 Å². The third-order valence-electron chi connectivity index (χ3n) is 2.57. The van der Waals surface area contributed by atoms with E-state index in [9.17, 15) is 15.0 Å². The van der Waals surface area contributed by atoms with Crippen molar-refractivity contribution in [2.45, 2.75) is 26.4 Å². The van der Waals surface area contributed by atoms with Crippen LogP contribution in [-0.4, -0.2) is 22.2 Å². The van der Waals surface area contributed by atoms with Gasteiger partial charge in [0.1, 0.15) is 5.69 Å². The molecule has 0 aromatic heterocycles. The number of hydrogen-bond acceptors (Lipinski definition) is 3.